The Kier molecular flexibility index (Phi) is 3.51. The minimum Gasteiger partial charge on any atom is -0.370 e. The van der Waals surface area contributed by atoms with E-state index in [1.165, 1.54) is 12.8 Å². The van der Waals surface area contributed by atoms with Gasteiger partial charge < -0.3 is 10.5 Å². The maximum Gasteiger partial charge on any atom is 0.157 e. The van der Waals surface area contributed by atoms with Crippen molar-refractivity contribution in [3.05, 3.63) is 23.3 Å². The van der Waals surface area contributed by atoms with Crippen LogP contribution in [-0.4, -0.2) is 16.6 Å². The molecule has 1 heterocycles. The normalized spacial score (nSPS) is 17.4. The first kappa shape index (κ1) is 11.5. The lowest BCUT2D eigenvalue weighted by Gasteiger charge is -2.16. The summed E-state index contributed by atoms with van der Waals surface area (Å²) in [5.74, 6) is 1.41. The van der Waals surface area contributed by atoms with Gasteiger partial charge in [0, 0.05) is 18.8 Å². The second-order valence-corrected chi connectivity index (χ2v) is 4.28. The first-order valence-electron chi connectivity index (χ1n) is 5.90. The largest absolute Gasteiger partial charge is 0.370 e. The molecular formula is C12H19N3O. The molecule has 88 valence electrons. The molecule has 1 unspecified atom stereocenters. The van der Waals surface area contributed by atoms with Crippen LogP contribution in [0.2, 0.25) is 0 Å². The van der Waals surface area contributed by atoms with Gasteiger partial charge in [0.1, 0.15) is 6.10 Å². The molecule has 4 heteroatoms. The molecule has 1 fully saturated rings. The van der Waals surface area contributed by atoms with Gasteiger partial charge in [-0.15, -0.1) is 0 Å². The summed E-state index contributed by atoms with van der Waals surface area (Å²) in [4.78, 5) is 8.94. The third-order valence-corrected chi connectivity index (χ3v) is 2.78. The first-order chi connectivity index (χ1) is 7.74. The van der Waals surface area contributed by atoms with Crippen molar-refractivity contribution >= 4 is 0 Å². The van der Waals surface area contributed by atoms with Crippen LogP contribution in [0.15, 0.2) is 6.07 Å². The fourth-order valence-electron chi connectivity index (χ4n) is 1.89. The zero-order valence-electron chi connectivity index (χ0n) is 9.94. The van der Waals surface area contributed by atoms with Crippen LogP contribution in [0.3, 0.4) is 0 Å². The molecule has 1 aromatic rings. The van der Waals surface area contributed by atoms with E-state index in [0.29, 0.717) is 19.1 Å². The lowest BCUT2D eigenvalue weighted by molar-refractivity contribution is 0.0397. The molecular weight excluding hydrogens is 202 g/mol. The summed E-state index contributed by atoms with van der Waals surface area (Å²) >= 11 is 0. The minimum atomic E-state index is 0.0650. The molecule has 4 nitrogen and oxygen atoms in total. The van der Waals surface area contributed by atoms with Gasteiger partial charge in [-0.1, -0.05) is 0 Å². The van der Waals surface area contributed by atoms with Crippen LogP contribution in [0.1, 0.15) is 43.1 Å². The van der Waals surface area contributed by atoms with Crippen LogP contribution in [0.25, 0.3) is 0 Å². The Hall–Kier alpha value is -1.00. The third kappa shape index (κ3) is 2.57. The number of hydrogen-bond donors (Lipinski definition) is 1. The molecule has 0 bridgehead atoms. The van der Waals surface area contributed by atoms with Crippen molar-refractivity contribution in [1.29, 1.82) is 0 Å². The van der Waals surface area contributed by atoms with Gasteiger partial charge in [-0.25, -0.2) is 9.97 Å². The zero-order valence-corrected chi connectivity index (χ0v) is 9.94. The van der Waals surface area contributed by atoms with E-state index in [4.69, 9.17) is 10.5 Å². The van der Waals surface area contributed by atoms with Crippen molar-refractivity contribution < 1.29 is 4.74 Å². The highest BCUT2D eigenvalue weighted by atomic mass is 16.5. The molecule has 0 aromatic carbocycles. The summed E-state index contributed by atoms with van der Waals surface area (Å²) in [6, 6.07) is 1.93. The maximum absolute atomic E-state index is 5.74. The fraction of sp³-hybridized carbons (Fsp3) is 0.667. The molecule has 16 heavy (non-hydrogen) atoms. The van der Waals surface area contributed by atoms with E-state index < -0.39 is 0 Å². The summed E-state index contributed by atoms with van der Waals surface area (Å²) in [7, 11) is 0. The van der Waals surface area contributed by atoms with Crippen LogP contribution in [0.4, 0.5) is 0 Å². The summed E-state index contributed by atoms with van der Waals surface area (Å²) in [5.41, 5.74) is 7.49. The molecule has 0 saturated heterocycles. The van der Waals surface area contributed by atoms with Crippen LogP contribution in [-0.2, 0) is 11.3 Å². The lowest BCUT2D eigenvalue weighted by atomic mass is 10.2. The lowest BCUT2D eigenvalue weighted by Crippen LogP contribution is -2.14. The molecule has 0 aliphatic heterocycles. The van der Waals surface area contributed by atoms with Crippen LogP contribution < -0.4 is 5.73 Å². The summed E-state index contributed by atoms with van der Waals surface area (Å²) in [6.45, 7) is 5.14. The Morgan fingerprint density at radius 3 is 2.81 bits per heavy atom. The van der Waals surface area contributed by atoms with Crippen molar-refractivity contribution in [2.24, 2.45) is 11.7 Å². The number of ether oxygens (including phenoxy) is 1. The minimum absolute atomic E-state index is 0.0650. The number of aromatic nitrogens is 2. The van der Waals surface area contributed by atoms with Crippen LogP contribution >= 0.6 is 0 Å². The number of nitrogens with two attached hydrogens (primary N) is 1. The second-order valence-electron chi connectivity index (χ2n) is 4.28. The van der Waals surface area contributed by atoms with E-state index in [9.17, 15) is 0 Å². The van der Waals surface area contributed by atoms with Crippen LogP contribution in [0, 0.1) is 12.8 Å². The van der Waals surface area contributed by atoms with Crippen molar-refractivity contribution in [1.82, 2.24) is 9.97 Å². The molecule has 0 amide bonds. The first-order valence-corrected chi connectivity index (χ1v) is 5.90. The highest BCUT2D eigenvalue weighted by Crippen LogP contribution is 2.42. The highest BCUT2D eigenvalue weighted by Gasteiger charge is 2.35. The van der Waals surface area contributed by atoms with E-state index in [-0.39, 0.29) is 6.10 Å². The molecule has 1 aliphatic rings. The number of aryl methyl sites for hydroxylation is 1. The molecule has 0 radical (unpaired) electrons. The number of hydrogen-bond acceptors (Lipinski definition) is 4. The van der Waals surface area contributed by atoms with Gasteiger partial charge in [-0.05, 0) is 38.7 Å². The highest BCUT2D eigenvalue weighted by molar-refractivity contribution is 5.12. The predicted octanol–water partition coefficient (Wildman–Crippen LogP) is 1.73. The van der Waals surface area contributed by atoms with Gasteiger partial charge in [0.2, 0.25) is 0 Å². The Bertz CT molecular complexity index is 363. The zero-order chi connectivity index (χ0) is 11.5. The monoisotopic (exact) mass is 221 g/mol. The van der Waals surface area contributed by atoms with E-state index in [0.717, 1.165) is 17.2 Å². The molecule has 2 rings (SSSR count). The van der Waals surface area contributed by atoms with E-state index in [1.54, 1.807) is 0 Å². The van der Waals surface area contributed by atoms with Gasteiger partial charge in [0.25, 0.3) is 0 Å². The fourth-order valence-corrected chi connectivity index (χ4v) is 1.89. The van der Waals surface area contributed by atoms with Gasteiger partial charge >= 0.3 is 0 Å². The van der Waals surface area contributed by atoms with Crippen molar-refractivity contribution in [3.63, 3.8) is 0 Å². The average Bonchev–Trinajstić information content (AvgIpc) is 3.08. The van der Waals surface area contributed by atoms with Gasteiger partial charge in [-0.2, -0.15) is 0 Å². The predicted molar refractivity (Wildman–Crippen MR) is 61.8 cm³/mol. The standard InChI is InChI=1S/C12H19N3O/c1-3-16-11(9-4-5-9)12-14-8(2)6-10(7-13)15-12/h6,9,11H,3-5,7,13H2,1-2H3. The Balaban J connectivity index is 2.25. The Labute approximate surface area is 96.2 Å². The molecule has 1 aliphatic carbocycles. The van der Waals surface area contributed by atoms with Crippen molar-refractivity contribution in [3.8, 4) is 0 Å². The summed E-state index contributed by atoms with van der Waals surface area (Å²) in [5, 5.41) is 0. The van der Waals surface area contributed by atoms with Gasteiger partial charge in [0.05, 0.1) is 5.69 Å². The average molecular weight is 221 g/mol. The molecule has 1 saturated carbocycles. The smallest absolute Gasteiger partial charge is 0.157 e. The molecule has 0 spiro atoms. The van der Waals surface area contributed by atoms with Crippen LogP contribution in [0.5, 0.6) is 0 Å². The van der Waals surface area contributed by atoms with Gasteiger partial charge in [0.15, 0.2) is 5.82 Å². The van der Waals surface area contributed by atoms with Crippen molar-refractivity contribution in [2.45, 2.75) is 39.3 Å². The van der Waals surface area contributed by atoms with E-state index >= 15 is 0 Å². The SMILES string of the molecule is CCOC(c1nc(C)cc(CN)n1)C1CC1. The molecule has 1 atom stereocenters. The summed E-state index contributed by atoms with van der Waals surface area (Å²) in [6.07, 6.45) is 2.51. The Morgan fingerprint density at radius 1 is 1.50 bits per heavy atom. The van der Waals surface area contributed by atoms with E-state index in [2.05, 4.69) is 9.97 Å². The quantitative estimate of drug-likeness (QED) is 0.822. The van der Waals surface area contributed by atoms with Gasteiger partial charge in [-0.3, -0.25) is 0 Å². The molecule has 1 aromatic heterocycles. The number of rotatable bonds is 5. The topological polar surface area (TPSA) is 61.0 Å². The third-order valence-electron chi connectivity index (χ3n) is 2.78. The number of nitrogens with zero attached hydrogens (tertiary/aromatic N) is 2. The van der Waals surface area contributed by atoms with Crippen molar-refractivity contribution in [2.75, 3.05) is 6.61 Å². The second kappa shape index (κ2) is 4.89. The van der Waals surface area contributed by atoms with E-state index in [1.807, 2.05) is 19.9 Å². The maximum atomic E-state index is 5.74. The molecule has 2 N–H and O–H groups in total. The summed E-state index contributed by atoms with van der Waals surface area (Å²) < 4.78 is 5.74. The Morgan fingerprint density at radius 2 is 2.25 bits per heavy atom.